The summed E-state index contributed by atoms with van der Waals surface area (Å²) in [7, 11) is 1.42. The van der Waals surface area contributed by atoms with Gasteiger partial charge in [-0.3, -0.25) is 19.3 Å². The third-order valence-electron chi connectivity index (χ3n) is 8.45. The van der Waals surface area contributed by atoms with Crippen molar-refractivity contribution >= 4 is 23.4 Å². The van der Waals surface area contributed by atoms with Gasteiger partial charge in [0.15, 0.2) is 6.20 Å². The fourth-order valence-corrected chi connectivity index (χ4v) is 6.34. The van der Waals surface area contributed by atoms with Crippen LogP contribution in [0.3, 0.4) is 0 Å². The summed E-state index contributed by atoms with van der Waals surface area (Å²) >= 11 is 0. The monoisotopic (exact) mass is 496 g/mol. The molecule has 1 saturated carbocycles. The van der Waals surface area contributed by atoms with Gasteiger partial charge in [0.25, 0.3) is 0 Å². The summed E-state index contributed by atoms with van der Waals surface area (Å²) in [6.45, 7) is 12.1. The van der Waals surface area contributed by atoms with Crippen LogP contribution >= 0.6 is 0 Å². The summed E-state index contributed by atoms with van der Waals surface area (Å²) in [5.41, 5.74) is 3.03. The van der Waals surface area contributed by atoms with Gasteiger partial charge in [-0.2, -0.15) is 4.57 Å². The lowest BCUT2D eigenvalue weighted by molar-refractivity contribution is -0.749. The van der Waals surface area contributed by atoms with Gasteiger partial charge < -0.3 is 9.64 Å². The summed E-state index contributed by atoms with van der Waals surface area (Å²) < 4.78 is 8.89. The number of hydrogen-bond donors (Lipinski definition) is 0. The first-order valence-electron chi connectivity index (χ1n) is 13.2. The molecule has 2 fully saturated rings. The molecule has 4 heterocycles. The molecule has 2 amide bonds. The Morgan fingerprint density at radius 1 is 1.08 bits per heavy atom. The molecule has 0 spiro atoms. The Kier molecular flexibility index (Phi) is 6.08. The van der Waals surface area contributed by atoms with Crippen LogP contribution in [0, 0.1) is 11.8 Å². The van der Waals surface area contributed by atoms with Crippen molar-refractivity contribution < 1.29 is 23.7 Å². The van der Waals surface area contributed by atoms with E-state index >= 15 is 0 Å². The molecule has 36 heavy (non-hydrogen) atoms. The van der Waals surface area contributed by atoms with Crippen molar-refractivity contribution in [1.29, 1.82) is 0 Å². The first-order valence-corrected chi connectivity index (χ1v) is 13.2. The highest BCUT2D eigenvalue weighted by molar-refractivity contribution is 5.93. The van der Waals surface area contributed by atoms with Crippen molar-refractivity contribution in [3.63, 3.8) is 0 Å². The number of nitrogens with zero attached hydrogens (tertiary/aromatic N) is 5. The molecule has 2 aliphatic heterocycles. The zero-order valence-corrected chi connectivity index (χ0v) is 22.3. The minimum absolute atomic E-state index is 0.00510. The molecule has 1 aliphatic carbocycles. The van der Waals surface area contributed by atoms with Crippen LogP contribution in [0.15, 0.2) is 12.3 Å². The number of hydrogen-bond acceptors (Lipinski definition) is 5. The quantitative estimate of drug-likeness (QED) is 0.480. The van der Waals surface area contributed by atoms with Crippen molar-refractivity contribution in [3.05, 3.63) is 29.2 Å². The number of amides is 2. The Bertz CT molecular complexity index is 1230. The van der Waals surface area contributed by atoms with E-state index in [1.807, 2.05) is 20.5 Å². The van der Waals surface area contributed by atoms with Gasteiger partial charge in [-0.05, 0) is 43.6 Å². The molecule has 0 bridgehead atoms. The molecule has 1 saturated heterocycles. The number of methoxy groups -OCH3 is 1. The van der Waals surface area contributed by atoms with E-state index in [1.165, 1.54) is 7.11 Å². The molecule has 9 nitrogen and oxygen atoms in total. The van der Waals surface area contributed by atoms with E-state index in [0.29, 0.717) is 51.0 Å². The Labute approximate surface area is 212 Å². The number of carbonyl (C=O) groups excluding carboxylic acids is 3. The van der Waals surface area contributed by atoms with Gasteiger partial charge in [0.1, 0.15) is 0 Å². The SMILES string of the molecule is COC(=O)C1CCC(C(=O)N2CCN3C(=O)c4cn5nc(C(C)C)cc(C(C)C)c5[n+]4C3(C)C2)CC1. The van der Waals surface area contributed by atoms with Gasteiger partial charge in [0.2, 0.25) is 17.3 Å². The molecule has 1 atom stereocenters. The predicted octanol–water partition coefficient (Wildman–Crippen LogP) is 2.82. The smallest absolute Gasteiger partial charge is 0.313 e. The molecule has 194 valence electrons. The van der Waals surface area contributed by atoms with Gasteiger partial charge in [-0.15, -0.1) is 0 Å². The van der Waals surface area contributed by atoms with Crippen molar-refractivity contribution in [1.82, 2.24) is 19.4 Å². The van der Waals surface area contributed by atoms with E-state index in [-0.39, 0.29) is 41.5 Å². The van der Waals surface area contributed by atoms with Crippen LogP contribution in [0.5, 0.6) is 0 Å². The fraction of sp³-hybridized carbons (Fsp3) is 0.667. The van der Waals surface area contributed by atoms with Crippen LogP contribution in [-0.4, -0.2) is 63.9 Å². The summed E-state index contributed by atoms with van der Waals surface area (Å²) in [5, 5.41) is 4.85. The van der Waals surface area contributed by atoms with Crippen molar-refractivity contribution in [2.24, 2.45) is 11.8 Å². The Morgan fingerprint density at radius 2 is 1.75 bits per heavy atom. The predicted molar refractivity (Wildman–Crippen MR) is 132 cm³/mol. The van der Waals surface area contributed by atoms with Crippen LogP contribution in [-0.2, 0) is 20.0 Å². The van der Waals surface area contributed by atoms with E-state index in [9.17, 15) is 14.4 Å². The van der Waals surface area contributed by atoms with Crippen LogP contribution in [0.1, 0.15) is 93.9 Å². The highest BCUT2D eigenvalue weighted by atomic mass is 16.5. The first-order chi connectivity index (χ1) is 17.1. The Morgan fingerprint density at radius 3 is 2.36 bits per heavy atom. The molecular formula is C27H38N5O4+. The lowest BCUT2D eigenvalue weighted by Gasteiger charge is -2.44. The highest BCUT2D eigenvalue weighted by Crippen LogP contribution is 2.36. The second-order valence-corrected chi connectivity index (χ2v) is 11.5. The molecule has 2 aromatic heterocycles. The number of ether oxygens (including phenoxy) is 1. The topological polar surface area (TPSA) is 88.1 Å². The number of carbonyl (C=O) groups is 3. The fourth-order valence-electron chi connectivity index (χ4n) is 6.34. The van der Waals surface area contributed by atoms with Gasteiger partial charge >= 0.3 is 17.5 Å². The normalized spacial score (nSPS) is 26.1. The molecule has 3 aliphatic rings. The average Bonchev–Trinajstić information content (AvgIpc) is 3.35. The maximum atomic E-state index is 13.6. The maximum absolute atomic E-state index is 13.6. The lowest BCUT2D eigenvalue weighted by Crippen LogP contribution is -2.69. The first kappa shape index (κ1) is 24.7. The minimum atomic E-state index is -0.678. The molecular weight excluding hydrogens is 458 g/mol. The number of esters is 1. The van der Waals surface area contributed by atoms with E-state index in [1.54, 1.807) is 0 Å². The maximum Gasteiger partial charge on any atom is 0.313 e. The van der Waals surface area contributed by atoms with Crippen molar-refractivity contribution in [3.8, 4) is 0 Å². The number of aromatic nitrogens is 3. The lowest BCUT2D eigenvalue weighted by atomic mass is 9.81. The van der Waals surface area contributed by atoms with Gasteiger partial charge in [-0.1, -0.05) is 37.3 Å². The number of fused-ring (bicyclic) bond motifs is 5. The molecule has 0 aromatic carbocycles. The molecule has 0 radical (unpaired) electrons. The van der Waals surface area contributed by atoms with Gasteiger partial charge in [0.05, 0.1) is 25.3 Å². The molecule has 9 heteroatoms. The standard InChI is InChI=1S/C27H38N5O4/c1-16(2)20-13-21(17(3)4)28-31-14-22-25(34)30-12-11-29(15-27(30,5)32(22)23(20)31)24(33)18-7-9-19(10-8-18)26(35)36-6/h13-14,16-19H,7-12,15H2,1-6H3/q+1. The van der Waals surface area contributed by atoms with E-state index in [4.69, 9.17) is 9.84 Å². The Hall–Kier alpha value is -2.97. The van der Waals surface area contributed by atoms with Crippen LogP contribution in [0.2, 0.25) is 0 Å². The molecule has 0 N–H and O–H groups in total. The Balaban J connectivity index is 1.47. The van der Waals surface area contributed by atoms with Crippen LogP contribution in [0.4, 0.5) is 0 Å². The van der Waals surface area contributed by atoms with Crippen molar-refractivity contribution in [2.75, 3.05) is 26.7 Å². The summed E-state index contributed by atoms with van der Waals surface area (Å²) in [4.78, 5) is 42.9. The minimum Gasteiger partial charge on any atom is -0.469 e. The van der Waals surface area contributed by atoms with Crippen LogP contribution < -0.4 is 4.57 Å². The largest absolute Gasteiger partial charge is 0.469 e. The molecule has 5 rings (SSSR count). The van der Waals surface area contributed by atoms with Crippen LogP contribution in [0.25, 0.3) is 5.65 Å². The molecule has 2 aromatic rings. The third-order valence-corrected chi connectivity index (χ3v) is 8.45. The zero-order chi connectivity index (χ0) is 25.9. The van der Waals surface area contributed by atoms with E-state index < -0.39 is 5.66 Å². The van der Waals surface area contributed by atoms with Gasteiger partial charge in [-0.25, -0.2) is 0 Å². The number of piperazine rings is 1. The second-order valence-electron chi connectivity index (χ2n) is 11.5. The van der Waals surface area contributed by atoms with E-state index in [2.05, 4.69) is 45.3 Å². The van der Waals surface area contributed by atoms with Gasteiger partial charge in [0, 0.05) is 31.5 Å². The number of imidazole rings is 1. The summed E-state index contributed by atoms with van der Waals surface area (Å²) in [5.74, 6) is 0.279. The number of rotatable bonds is 4. The third kappa shape index (κ3) is 3.69. The summed E-state index contributed by atoms with van der Waals surface area (Å²) in [6, 6.07) is 2.17. The molecule has 1 unspecified atom stereocenters. The second kappa shape index (κ2) is 8.85. The highest BCUT2D eigenvalue weighted by Gasteiger charge is 2.57. The zero-order valence-electron chi connectivity index (χ0n) is 22.3. The average molecular weight is 497 g/mol. The van der Waals surface area contributed by atoms with E-state index in [0.717, 1.165) is 16.9 Å². The summed E-state index contributed by atoms with van der Waals surface area (Å²) in [6.07, 6.45) is 4.62. The van der Waals surface area contributed by atoms with Crippen molar-refractivity contribution in [2.45, 2.75) is 77.8 Å².